The third-order valence-electron chi connectivity index (χ3n) is 7.39. The average Bonchev–Trinajstić information content (AvgIpc) is 3.73. The average molecular weight is 668 g/mol. The van der Waals surface area contributed by atoms with Gasteiger partial charge in [-0.15, -0.1) is 0 Å². The van der Waals surface area contributed by atoms with E-state index in [1.807, 2.05) is 0 Å². The van der Waals surface area contributed by atoms with Gasteiger partial charge in [-0.25, -0.2) is 20.0 Å². The smallest absolute Gasteiger partial charge is 0.546 e. The van der Waals surface area contributed by atoms with Crippen LogP contribution in [0.1, 0.15) is 0 Å². The molecule has 0 saturated carbocycles. The number of hydrogen-bond acceptors (Lipinski definition) is 20. The first kappa shape index (κ1) is 38.0. The van der Waals surface area contributed by atoms with Gasteiger partial charge in [-0.3, -0.25) is 19.4 Å². The normalized spacial score (nSPS) is 38.3. The first-order chi connectivity index (χ1) is 20.9. The Balaban J connectivity index is 0.000000240. The molecule has 2 fully saturated rings. The standard InChI is InChI=1S/2C11H12N4O7.2Na/c2*16-1-4-5(17)6(18)7(22-4)15-3-14-11(10(20)21)8(15)12-2-13-9(11)19;;/h2*2-7,16-18H,1H2,(H,20,21);;/q;;2*+1/p-2. The predicted octanol–water partition coefficient (Wildman–Crippen LogP) is -15.5. The molecule has 0 aliphatic carbocycles. The molecule has 6 aliphatic rings. The number of carboxylic acid groups (broad SMARTS) is 2. The Morgan fingerprint density at radius 1 is 0.717 bits per heavy atom. The number of aliphatic hydroxyl groups excluding tert-OH is 6. The number of aliphatic hydroxyl groups is 6. The van der Waals surface area contributed by atoms with Crippen LogP contribution in [0.2, 0.25) is 0 Å². The molecule has 236 valence electrons. The van der Waals surface area contributed by atoms with Crippen molar-refractivity contribution in [3.8, 4) is 0 Å². The molecule has 6 heterocycles. The van der Waals surface area contributed by atoms with Crippen LogP contribution in [0.15, 0.2) is 30.0 Å². The van der Waals surface area contributed by atoms with Gasteiger partial charge < -0.3 is 59.9 Å². The number of carbonyl (C=O) groups excluding carboxylic acids is 4. The Morgan fingerprint density at radius 2 is 1.07 bits per heavy atom. The van der Waals surface area contributed by atoms with Crippen molar-refractivity contribution in [2.24, 2.45) is 30.0 Å². The van der Waals surface area contributed by atoms with E-state index in [0.29, 0.717) is 0 Å². The minimum atomic E-state index is -2.43. The van der Waals surface area contributed by atoms with Crippen LogP contribution in [-0.2, 0) is 28.7 Å². The van der Waals surface area contributed by atoms with Crippen LogP contribution in [0.3, 0.4) is 0 Å². The van der Waals surface area contributed by atoms with E-state index < -0.39 is 97.1 Å². The van der Waals surface area contributed by atoms with E-state index in [1.165, 1.54) is 0 Å². The molecule has 2 saturated heterocycles. The quantitative estimate of drug-likeness (QED) is 0.113. The van der Waals surface area contributed by atoms with E-state index in [1.54, 1.807) is 0 Å². The summed E-state index contributed by atoms with van der Waals surface area (Å²) < 4.78 is 10.5. The molecule has 22 nitrogen and oxygen atoms in total. The van der Waals surface area contributed by atoms with Gasteiger partial charge >= 0.3 is 59.1 Å². The zero-order valence-electron chi connectivity index (χ0n) is 23.9. The largest absolute Gasteiger partial charge is 1.00 e. The Morgan fingerprint density at radius 3 is 1.35 bits per heavy atom. The molecule has 0 aromatic heterocycles. The Labute approximate surface area is 300 Å². The van der Waals surface area contributed by atoms with Crippen molar-refractivity contribution in [3.63, 3.8) is 0 Å². The van der Waals surface area contributed by atoms with E-state index in [9.17, 15) is 49.8 Å². The van der Waals surface area contributed by atoms with Gasteiger partial charge in [-0.05, 0) is 0 Å². The minimum Gasteiger partial charge on any atom is -0.546 e. The molecule has 6 rings (SSSR count). The zero-order valence-corrected chi connectivity index (χ0v) is 27.9. The van der Waals surface area contributed by atoms with E-state index >= 15 is 0 Å². The van der Waals surface area contributed by atoms with Crippen LogP contribution in [0.4, 0.5) is 0 Å². The molecule has 6 N–H and O–H groups in total. The summed E-state index contributed by atoms with van der Waals surface area (Å²) >= 11 is 0. The topological polar surface area (TPSA) is 335 Å². The molecule has 10 atom stereocenters. The number of aliphatic carboxylic acids is 2. The van der Waals surface area contributed by atoms with E-state index in [0.717, 1.165) is 35.2 Å². The van der Waals surface area contributed by atoms with Gasteiger partial charge in [0.1, 0.15) is 49.3 Å². The predicted molar refractivity (Wildman–Crippen MR) is 134 cm³/mol. The molecule has 24 heteroatoms. The van der Waals surface area contributed by atoms with Crippen LogP contribution in [0.25, 0.3) is 0 Å². The number of amides is 2. The molecule has 0 spiro atoms. The van der Waals surface area contributed by atoms with Gasteiger partial charge in [0.25, 0.3) is 11.8 Å². The first-order valence-electron chi connectivity index (χ1n) is 12.5. The van der Waals surface area contributed by atoms with Gasteiger partial charge in [-0.1, -0.05) is 0 Å². The summed E-state index contributed by atoms with van der Waals surface area (Å²) in [5.74, 6) is -6.55. The molecule has 46 heavy (non-hydrogen) atoms. The summed E-state index contributed by atoms with van der Waals surface area (Å²) in [7, 11) is 0. The summed E-state index contributed by atoms with van der Waals surface area (Å²) in [6, 6.07) is 0. The molecule has 0 bridgehead atoms. The van der Waals surface area contributed by atoms with Crippen molar-refractivity contribution < 1.29 is 129 Å². The molecular weight excluding hydrogens is 646 g/mol. The van der Waals surface area contributed by atoms with Crippen LogP contribution in [-0.4, -0.2) is 175 Å². The summed E-state index contributed by atoms with van der Waals surface area (Å²) in [6.07, 6.45) is -6.82. The number of nitrogens with zero attached hydrogens (tertiary/aromatic N) is 8. The Kier molecular flexibility index (Phi) is 11.9. The third kappa shape index (κ3) is 5.70. The molecule has 0 radical (unpaired) electrons. The second kappa shape index (κ2) is 14.4. The van der Waals surface area contributed by atoms with Crippen LogP contribution in [0.5, 0.6) is 0 Å². The van der Waals surface area contributed by atoms with Gasteiger partial charge in [0.05, 0.1) is 37.8 Å². The van der Waals surface area contributed by atoms with E-state index in [-0.39, 0.29) is 70.8 Å². The molecular formula is C22H22N8Na2O14. The third-order valence-corrected chi connectivity index (χ3v) is 7.39. The molecule has 6 aliphatic heterocycles. The number of carbonyl (C=O) groups is 4. The SMILES string of the molecule is O=C([O-])C12N=CN(C3OC(CO)C(O)C3O)C1=NC=NC2=O.O=C([O-])C12N=CN(C3OC(CO)C(O)C3O)C1=NC=NC2=O.[Na+].[Na+]. The van der Waals surface area contributed by atoms with E-state index in [2.05, 4.69) is 30.0 Å². The van der Waals surface area contributed by atoms with Crippen LogP contribution >= 0.6 is 0 Å². The van der Waals surface area contributed by atoms with Crippen LogP contribution < -0.4 is 69.3 Å². The van der Waals surface area contributed by atoms with Crippen molar-refractivity contribution in [2.75, 3.05) is 13.2 Å². The van der Waals surface area contributed by atoms with Gasteiger partial charge in [0, 0.05) is 0 Å². The maximum absolute atomic E-state index is 11.8. The maximum Gasteiger partial charge on any atom is 1.00 e. The van der Waals surface area contributed by atoms with Gasteiger partial charge in [0.2, 0.25) is 11.1 Å². The van der Waals surface area contributed by atoms with Crippen molar-refractivity contribution in [1.82, 2.24) is 9.80 Å². The minimum absolute atomic E-state index is 0. The monoisotopic (exact) mass is 668 g/mol. The Hall–Kier alpha value is -2.42. The second-order valence-corrected chi connectivity index (χ2v) is 9.76. The Bertz CT molecular complexity index is 1350. The number of hydrogen-bond donors (Lipinski definition) is 6. The first-order valence-corrected chi connectivity index (χ1v) is 12.5. The second-order valence-electron chi connectivity index (χ2n) is 9.76. The van der Waals surface area contributed by atoms with E-state index in [4.69, 9.17) is 19.7 Å². The van der Waals surface area contributed by atoms with Crippen molar-refractivity contribution in [3.05, 3.63) is 0 Å². The number of fused-ring (bicyclic) bond motifs is 2. The van der Waals surface area contributed by atoms with Crippen molar-refractivity contribution in [1.29, 1.82) is 0 Å². The fourth-order valence-corrected chi connectivity index (χ4v) is 5.03. The number of carboxylic acids is 2. The van der Waals surface area contributed by atoms with Crippen molar-refractivity contribution in [2.45, 2.75) is 60.2 Å². The molecule has 2 amide bonds. The fraction of sp³-hybridized carbons (Fsp3) is 0.545. The molecule has 0 aromatic carbocycles. The number of rotatable bonds is 6. The fourth-order valence-electron chi connectivity index (χ4n) is 5.03. The van der Waals surface area contributed by atoms with Crippen molar-refractivity contribution >= 4 is 60.8 Å². The van der Waals surface area contributed by atoms with Gasteiger partial charge in [0.15, 0.2) is 24.1 Å². The number of ether oxygens (including phenoxy) is 2. The summed E-state index contributed by atoms with van der Waals surface area (Å²) in [5.41, 5.74) is -4.86. The zero-order chi connectivity index (χ0) is 32.1. The summed E-state index contributed by atoms with van der Waals surface area (Å²) in [6.45, 7) is -1.11. The maximum atomic E-state index is 11.8. The van der Waals surface area contributed by atoms with Gasteiger partial charge in [-0.2, -0.15) is 9.98 Å². The molecule has 0 aromatic rings. The number of amidine groups is 2. The summed E-state index contributed by atoms with van der Waals surface area (Å²) in [5, 5.41) is 80.3. The summed E-state index contributed by atoms with van der Waals surface area (Å²) in [4.78, 5) is 69.7. The van der Waals surface area contributed by atoms with Crippen LogP contribution in [0, 0.1) is 0 Å². The molecule has 10 unspecified atom stereocenters. The number of aliphatic imine (C=N–C) groups is 6.